The van der Waals surface area contributed by atoms with Gasteiger partial charge in [-0.15, -0.1) is 0 Å². The summed E-state index contributed by atoms with van der Waals surface area (Å²) in [6, 6.07) is 0. The van der Waals surface area contributed by atoms with E-state index in [0.717, 1.165) is 24.8 Å². The van der Waals surface area contributed by atoms with E-state index in [4.69, 9.17) is 11.5 Å². The van der Waals surface area contributed by atoms with E-state index in [-0.39, 0.29) is 88.1 Å². The van der Waals surface area contributed by atoms with Gasteiger partial charge in [0, 0.05) is 46.1 Å². The molecule has 50 heavy (non-hydrogen) atoms. The number of hydrogen-bond donors (Lipinski definition) is 2. The molecule has 0 atom stereocenters. The Bertz CT molecular complexity index is 1760. The first kappa shape index (κ1) is 37.2. The molecule has 4 rings (SSSR count). The van der Waals surface area contributed by atoms with Gasteiger partial charge in [0.2, 0.25) is 0 Å². The normalized spacial score (nSPS) is 12.0. The molecule has 0 aromatic carbocycles. The molecule has 0 bridgehead atoms. The molecule has 22 heteroatoms. The molecule has 0 aliphatic heterocycles. The molecule has 0 aliphatic rings. The number of aromatic nitrogens is 8. The summed E-state index contributed by atoms with van der Waals surface area (Å²) in [7, 11) is 0. The van der Waals surface area contributed by atoms with E-state index in [1.807, 2.05) is 0 Å². The highest BCUT2D eigenvalue weighted by Gasteiger charge is 2.49. The minimum absolute atomic E-state index is 0.0183. The molecule has 0 saturated carbocycles. The predicted molar refractivity (Wildman–Crippen MR) is 176 cm³/mol. The third-order valence-corrected chi connectivity index (χ3v) is 9.75. The van der Waals surface area contributed by atoms with E-state index < -0.39 is 30.6 Å². The van der Waals surface area contributed by atoms with Gasteiger partial charge >= 0.3 is 23.3 Å². The molecule has 4 N–H and O–H groups in total. The van der Waals surface area contributed by atoms with Crippen LogP contribution in [0.3, 0.4) is 0 Å². The topological polar surface area (TPSA) is 296 Å². The highest BCUT2D eigenvalue weighted by molar-refractivity contribution is 5.22. The second kappa shape index (κ2) is 14.9. The van der Waals surface area contributed by atoms with Crippen molar-refractivity contribution in [1.82, 2.24) is 38.2 Å². The molecule has 4 heterocycles. The van der Waals surface area contributed by atoms with Crippen molar-refractivity contribution in [3.05, 3.63) is 88.5 Å². The van der Waals surface area contributed by atoms with Crippen LogP contribution in [0.25, 0.3) is 0 Å². The first-order valence-electron chi connectivity index (χ1n) is 15.7. The summed E-state index contributed by atoms with van der Waals surface area (Å²) in [5.41, 5.74) is 11.4. The van der Waals surface area contributed by atoms with Gasteiger partial charge in [0.25, 0.3) is 0 Å². The highest BCUT2D eigenvalue weighted by Crippen LogP contribution is 2.47. The van der Waals surface area contributed by atoms with E-state index >= 15 is 0 Å². The summed E-state index contributed by atoms with van der Waals surface area (Å²) in [4.78, 5) is 61.8. The summed E-state index contributed by atoms with van der Waals surface area (Å²) < 4.78 is 5.70. The molecule has 22 nitrogen and oxygen atoms in total. The molecule has 0 spiro atoms. The highest BCUT2D eigenvalue weighted by atomic mass is 16.6. The average molecular weight is 701 g/mol. The lowest BCUT2D eigenvalue weighted by molar-refractivity contribution is -0.392. The average Bonchev–Trinajstić information content (AvgIpc) is 3.82. The Kier molecular flexibility index (Phi) is 11.1. The zero-order valence-corrected chi connectivity index (χ0v) is 28.2. The summed E-state index contributed by atoms with van der Waals surface area (Å²) in [6.45, 7) is 6.69. The third-order valence-electron chi connectivity index (χ3n) is 9.75. The number of aryl methyl sites for hydroxylation is 4. The Morgan fingerprint density at radius 1 is 0.540 bits per heavy atom. The first-order chi connectivity index (χ1) is 23.6. The molecule has 4 aromatic rings. The number of rotatable bonds is 19. The maximum atomic E-state index is 11.9. The molecule has 0 amide bonds. The molecule has 0 unspecified atom stereocenters. The van der Waals surface area contributed by atoms with Crippen LogP contribution in [0, 0.1) is 73.6 Å². The molecule has 270 valence electrons. The van der Waals surface area contributed by atoms with Crippen LogP contribution in [0.5, 0.6) is 0 Å². The largest absolute Gasteiger partial charge is 0.358 e. The number of imidazole rings is 4. The molecular formula is C28H40N14O8. The lowest BCUT2D eigenvalue weighted by atomic mass is 9.60. The van der Waals surface area contributed by atoms with E-state index in [0.29, 0.717) is 23.3 Å². The lowest BCUT2D eigenvalue weighted by Crippen LogP contribution is -2.58. The maximum absolute atomic E-state index is 11.9. The Morgan fingerprint density at radius 2 is 0.800 bits per heavy atom. The van der Waals surface area contributed by atoms with Crippen molar-refractivity contribution in [3.63, 3.8) is 0 Å². The minimum Gasteiger partial charge on any atom is -0.358 e. The number of nitrogens with zero attached hydrogens (tertiary/aromatic N) is 12. The van der Waals surface area contributed by atoms with E-state index in [9.17, 15) is 40.5 Å². The molecule has 0 fully saturated rings. The van der Waals surface area contributed by atoms with Crippen molar-refractivity contribution >= 4 is 23.3 Å². The van der Waals surface area contributed by atoms with Crippen molar-refractivity contribution in [2.24, 2.45) is 16.9 Å². The Morgan fingerprint density at radius 3 is 1.04 bits per heavy atom. The van der Waals surface area contributed by atoms with Crippen LogP contribution in [-0.2, 0) is 26.2 Å². The fraction of sp³-hybridized carbons (Fsp3) is 0.571. The van der Waals surface area contributed by atoms with Crippen LogP contribution >= 0.6 is 0 Å². The van der Waals surface area contributed by atoms with Gasteiger partial charge in [-0.25, -0.2) is 38.2 Å². The number of nitrogens with two attached hydrogens (primary N) is 2. The maximum Gasteiger partial charge on any atom is 0.342 e. The quantitative estimate of drug-likeness (QED) is 0.105. The monoisotopic (exact) mass is 700 g/mol. The summed E-state index contributed by atoms with van der Waals surface area (Å²) >= 11 is 0. The van der Waals surface area contributed by atoms with Gasteiger partial charge in [-0.2, -0.15) is 0 Å². The molecule has 0 radical (unpaired) electrons. The molecule has 0 saturated heterocycles. The number of nitro groups is 4. The SMILES string of the molecule is Cc1ncc([N+](=O)[O-])n1CCC(N)(CCn1c([N+](=O)[O-])cnc1C)C(CCN)(CCn1c([N+](=O)[O-])cnc1C)CCn1c([N+](=O)[O-])cnc1C. The summed E-state index contributed by atoms with van der Waals surface area (Å²) in [5.74, 6) is 0.448. The molecule has 4 aromatic heterocycles. The van der Waals surface area contributed by atoms with Crippen molar-refractivity contribution < 1.29 is 19.7 Å². The van der Waals surface area contributed by atoms with Gasteiger partial charge in [0.1, 0.15) is 24.8 Å². The van der Waals surface area contributed by atoms with Crippen LogP contribution < -0.4 is 11.5 Å². The second-order valence-corrected chi connectivity index (χ2v) is 12.3. The van der Waals surface area contributed by atoms with Gasteiger partial charge in [-0.1, -0.05) is 0 Å². The van der Waals surface area contributed by atoms with E-state index in [2.05, 4.69) is 19.9 Å². The fourth-order valence-corrected chi connectivity index (χ4v) is 6.84. The molecule has 0 aliphatic carbocycles. The second-order valence-electron chi connectivity index (χ2n) is 12.3. The fourth-order valence-electron chi connectivity index (χ4n) is 6.84. The summed E-state index contributed by atoms with van der Waals surface area (Å²) in [6.07, 6.45) is 5.27. The van der Waals surface area contributed by atoms with Crippen molar-refractivity contribution in [2.45, 2.75) is 91.5 Å². The van der Waals surface area contributed by atoms with Crippen LogP contribution in [0.15, 0.2) is 24.8 Å². The molecular weight excluding hydrogens is 660 g/mol. The van der Waals surface area contributed by atoms with Gasteiger partial charge in [-0.05, 0) is 50.9 Å². The van der Waals surface area contributed by atoms with Crippen molar-refractivity contribution in [3.8, 4) is 0 Å². The van der Waals surface area contributed by atoms with Crippen LogP contribution in [0.1, 0.15) is 55.4 Å². The summed E-state index contributed by atoms with van der Waals surface area (Å²) in [5, 5.41) is 47.6. The minimum atomic E-state index is -1.34. The predicted octanol–water partition coefficient (Wildman–Crippen LogP) is 3.03. The first-order valence-corrected chi connectivity index (χ1v) is 15.7. The van der Waals surface area contributed by atoms with Gasteiger partial charge in [-0.3, -0.25) is 0 Å². The standard InChI is InChI=1S/C28H40N14O8/c1-19-31-15-23(39(43)44)35(19)11-6-27(5-10-29,7-12-36-20(2)32-16-24(36)40(45)46)28(30,8-13-37-21(3)33-17-25(37)41(47)48)9-14-38-22(4)34-18-26(38)42(49)50/h15-18H,5-14,29-30H2,1-4H3. The Labute approximate surface area is 284 Å². The smallest absolute Gasteiger partial charge is 0.342 e. The van der Waals surface area contributed by atoms with Crippen LogP contribution in [0.4, 0.5) is 23.3 Å². The third kappa shape index (κ3) is 7.34. The Hall–Kier alpha value is -5.64. The van der Waals surface area contributed by atoms with Crippen LogP contribution in [0.2, 0.25) is 0 Å². The van der Waals surface area contributed by atoms with Gasteiger partial charge in [0.05, 0.1) is 26.2 Å². The van der Waals surface area contributed by atoms with Gasteiger partial charge < -0.3 is 51.9 Å². The zero-order valence-electron chi connectivity index (χ0n) is 28.2. The van der Waals surface area contributed by atoms with Crippen LogP contribution in [-0.4, -0.2) is 70.0 Å². The lowest BCUT2D eigenvalue weighted by Gasteiger charge is -2.49. The van der Waals surface area contributed by atoms with Gasteiger partial charge in [0.15, 0.2) is 23.3 Å². The number of hydrogen-bond acceptors (Lipinski definition) is 14. The Balaban J connectivity index is 1.88. The van der Waals surface area contributed by atoms with E-state index in [1.165, 1.54) is 18.3 Å². The van der Waals surface area contributed by atoms with Crippen molar-refractivity contribution in [2.75, 3.05) is 6.54 Å². The zero-order chi connectivity index (χ0) is 37.0. The van der Waals surface area contributed by atoms with Crippen molar-refractivity contribution in [1.29, 1.82) is 0 Å². The van der Waals surface area contributed by atoms with E-state index in [1.54, 1.807) is 27.7 Å².